The topological polar surface area (TPSA) is 86.3 Å². The summed E-state index contributed by atoms with van der Waals surface area (Å²) in [4.78, 5) is 28.6. The van der Waals surface area contributed by atoms with Crippen LogP contribution in [-0.2, 0) is 9.59 Å². The molecule has 0 radical (unpaired) electrons. The minimum Gasteiger partial charge on any atom is -0.493 e. The molecule has 3 aromatic rings. The molecule has 1 saturated heterocycles. The first-order valence-electron chi connectivity index (χ1n) is 11.7. The first-order chi connectivity index (χ1) is 17.4. The summed E-state index contributed by atoms with van der Waals surface area (Å²) in [7, 11) is 3.14. The minimum absolute atomic E-state index is 0.117. The number of methoxy groups -OCH3 is 2. The molecule has 1 fully saturated rings. The Hall–Kier alpha value is -4.20. The van der Waals surface area contributed by atoms with E-state index in [-0.39, 0.29) is 31.1 Å². The lowest BCUT2D eigenvalue weighted by molar-refractivity contribution is -0.154. The van der Waals surface area contributed by atoms with Crippen LogP contribution in [0.2, 0.25) is 0 Å². The molecule has 2 heterocycles. The van der Waals surface area contributed by atoms with E-state index < -0.39 is 6.04 Å². The maximum Gasteiger partial charge on any atom is 0.251 e. The molecule has 36 heavy (non-hydrogen) atoms. The Kier molecular flexibility index (Phi) is 6.18. The minimum atomic E-state index is -0.877. The van der Waals surface area contributed by atoms with E-state index in [2.05, 4.69) is 5.32 Å². The van der Waals surface area contributed by atoms with Crippen molar-refractivity contribution in [1.29, 1.82) is 0 Å². The molecule has 0 aromatic heterocycles. The molecule has 3 aromatic carbocycles. The summed E-state index contributed by atoms with van der Waals surface area (Å²) in [6, 6.07) is 15.5. The second-order valence-corrected chi connectivity index (χ2v) is 8.91. The second kappa shape index (κ2) is 9.45. The van der Waals surface area contributed by atoms with Crippen molar-refractivity contribution in [2.24, 2.45) is 0 Å². The van der Waals surface area contributed by atoms with Gasteiger partial charge in [0.05, 0.1) is 26.7 Å². The SMILES string of the molecule is COc1ccc([C@@H]2CC(=O)N2[C@H](C(=O)Nc2c(C)cccc2C)c2ccc3c(c2)OCO3)cc1OC. The van der Waals surface area contributed by atoms with Crippen molar-refractivity contribution in [1.82, 2.24) is 4.90 Å². The molecule has 8 heteroatoms. The van der Waals surface area contributed by atoms with Crippen LogP contribution in [-0.4, -0.2) is 37.7 Å². The number of para-hydroxylation sites is 1. The molecule has 2 aliphatic rings. The zero-order chi connectivity index (χ0) is 25.4. The van der Waals surface area contributed by atoms with Crippen molar-refractivity contribution in [3.63, 3.8) is 0 Å². The first-order valence-corrected chi connectivity index (χ1v) is 11.7. The summed E-state index contributed by atoms with van der Waals surface area (Å²) >= 11 is 0. The molecule has 0 spiro atoms. The van der Waals surface area contributed by atoms with Gasteiger partial charge in [0.2, 0.25) is 12.7 Å². The summed E-state index contributed by atoms with van der Waals surface area (Å²) in [6.07, 6.45) is 0.285. The van der Waals surface area contributed by atoms with Gasteiger partial charge in [0.1, 0.15) is 6.04 Å². The highest BCUT2D eigenvalue weighted by Gasteiger charge is 2.45. The van der Waals surface area contributed by atoms with Gasteiger partial charge < -0.3 is 29.2 Å². The Morgan fingerprint density at radius 3 is 2.39 bits per heavy atom. The number of hydrogen-bond acceptors (Lipinski definition) is 6. The van der Waals surface area contributed by atoms with Crippen molar-refractivity contribution < 1.29 is 28.5 Å². The number of rotatable bonds is 7. The third-order valence-electron chi connectivity index (χ3n) is 6.75. The van der Waals surface area contributed by atoms with Crippen LogP contribution in [0.15, 0.2) is 54.6 Å². The number of carbonyl (C=O) groups excluding carboxylic acids is 2. The summed E-state index contributed by atoms with van der Waals surface area (Å²) in [5.41, 5.74) is 4.13. The van der Waals surface area contributed by atoms with Gasteiger partial charge in [-0.1, -0.05) is 30.3 Å². The largest absolute Gasteiger partial charge is 0.493 e. The lowest BCUT2D eigenvalue weighted by Crippen LogP contribution is -2.51. The number of carbonyl (C=O) groups is 2. The van der Waals surface area contributed by atoms with Crippen LogP contribution in [0, 0.1) is 13.8 Å². The predicted molar refractivity (Wildman–Crippen MR) is 134 cm³/mol. The fourth-order valence-corrected chi connectivity index (χ4v) is 4.82. The maximum absolute atomic E-state index is 13.9. The maximum atomic E-state index is 13.9. The zero-order valence-electron chi connectivity index (χ0n) is 20.7. The number of aryl methyl sites for hydroxylation is 2. The Labute approximate surface area is 209 Å². The molecule has 5 rings (SSSR count). The van der Waals surface area contributed by atoms with Gasteiger partial charge in [0.25, 0.3) is 5.91 Å². The Morgan fingerprint density at radius 2 is 1.69 bits per heavy atom. The second-order valence-electron chi connectivity index (χ2n) is 8.91. The van der Waals surface area contributed by atoms with Gasteiger partial charge in [-0.2, -0.15) is 0 Å². The van der Waals surface area contributed by atoms with Gasteiger partial charge in [-0.05, 0) is 60.4 Å². The predicted octanol–water partition coefficient (Wildman–Crippen LogP) is 4.70. The summed E-state index contributed by atoms with van der Waals surface area (Å²) in [5.74, 6) is 1.90. The van der Waals surface area contributed by atoms with Crippen LogP contribution >= 0.6 is 0 Å². The summed E-state index contributed by atoms with van der Waals surface area (Å²) in [6.45, 7) is 4.01. The van der Waals surface area contributed by atoms with Gasteiger partial charge in [-0.15, -0.1) is 0 Å². The number of amides is 2. The number of benzene rings is 3. The third kappa shape index (κ3) is 4.08. The average Bonchev–Trinajstić information content (AvgIpc) is 3.35. The summed E-state index contributed by atoms with van der Waals surface area (Å²) < 4.78 is 21.8. The Bertz CT molecular complexity index is 1320. The van der Waals surface area contributed by atoms with Crippen molar-refractivity contribution in [2.45, 2.75) is 32.4 Å². The zero-order valence-corrected chi connectivity index (χ0v) is 20.7. The quantitative estimate of drug-likeness (QED) is 0.485. The molecule has 0 bridgehead atoms. The first kappa shape index (κ1) is 23.5. The number of likely N-dealkylation sites (tertiary alicyclic amines) is 1. The van der Waals surface area contributed by atoms with E-state index in [1.54, 1.807) is 37.3 Å². The molecule has 0 unspecified atom stereocenters. The molecule has 186 valence electrons. The number of fused-ring (bicyclic) bond motifs is 1. The lowest BCUT2D eigenvalue weighted by Gasteiger charge is -2.45. The highest BCUT2D eigenvalue weighted by atomic mass is 16.7. The fraction of sp³-hybridized carbons (Fsp3) is 0.286. The molecular weight excluding hydrogens is 460 g/mol. The van der Waals surface area contributed by atoms with Gasteiger partial charge in [-0.25, -0.2) is 0 Å². The van der Waals surface area contributed by atoms with E-state index in [9.17, 15) is 9.59 Å². The number of anilines is 1. The van der Waals surface area contributed by atoms with Crippen LogP contribution in [0.1, 0.15) is 40.8 Å². The van der Waals surface area contributed by atoms with Crippen molar-refractivity contribution in [3.8, 4) is 23.0 Å². The molecule has 2 atom stereocenters. The number of nitrogens with one attached hydrogen (secondary N) is 1. The Balaban J connectivity index is 1.55. The van der Waals surface area contributed by atoms with Gasteiger partial charge >= 0.3 is 0 Å². The smallest absolute Gasteiger partial charge is 0.251 e. The average molecular weight is 489 g/mol. The van der Waals surface area contributed by atoms with Crippen LogP contribution in [0.5, 0.6) is 23.0 Å². The number of ether oxygens (including phenoxy) is 4. The van der Waals surface area contributed by atoms with Crippen LogP contribution < -0.4 is 24.3 Å². The monoisotopic (exact) mass is 488 g/mol. The number of hydrogen-bond donors (Lipinski definition) is 1. The van der Waals surface area contributed by atoms with Crippen LogP contribution in [0.4, 0.5) is 5.69 Å². The highest BCUT2D eigenvalue weighted by Crippen LogP contribution is 2.45. The fourth-order valence-electron chi connectivity index (χ4n) is 4.82. The number of β-lactam (4-membered cyclic amide) rings is 1. The van der Waals surface area contributed by atoms with Crippen LogP contribution in [0.25, 0.3) is 0 Å². The molecular formula is C28H28N2O6. The number of nitrogens with zero attached hydrogens (tertiary/aromatic N) is 1. The summed E-state index contributed by atoms with van der Waals surface area (Å²) in [5, 5.41) is 3.08. The van der Waals surface area contributed by atoms with Crippen molar-refractivity contribution in [2.75, 3.05) is 26.3 Å². The van der Waals surface area contributed by atoms with Gasteiger partial charge in [0.15, 0.2) is 23.0 Å². The lowest BCUT2D eigenvalue weighted by atomic mass is 9.88. The highest BCUT2D eigenvalue weighted by molar-refractivity contribution is 6.00. The van der Waals surface area contributed by atoms with Gasteiger partial charge in [0, 0.05) is 5.69 Å². The molecule has 0 aliphatic carbocycles. The van der Waals surface area contributed by atoms with E-state index in [4.69, 9.17) is 18.9 Å². The standard InChI is InChI=1S/C28H28N2O6/c1-16-6-5-7-17(2)26(16)29-28(32)27(19-9-11-22-24(13-19)36-15-35-22)30-20(14-25(30)31)18-8-10-21(33-3)23(12-18)34-4/h5-13,20,27H,14-15H2,1-4H3,(H,29,32)/t20-,27-/m0/s1. The molecule has 2 amide bonds. The van der Waals surface area contributed by atoms with E-state index in [1.807, 2.05) is 50.2 Å². The van der Waals surface area contributed by atoms with E-state index in [0.717, 1.165) is 22.4 Å². The van der Waals surface area contributed by atoms with Crippen molar-refractivity contribution in [3.05, 3.63) is 76.9 Å². The Morgan fingerprint density at radius 1 is 0.972 bits per heavy atom. The van der Waals surface area contributed by atoms with Crippen LogP contribution in [0.3, 0.4) is 0 Å². The third-order valence-corrected chi connectivity index (χ3v) is 6.75. The van der Waals surface area contributed by atoms with Gasteiger partial charge in [-0.3, -0.25) is 9.59 Å². The van der Waals surface area contributed by atoms with E-state index in [1.165, 1.54) is 0 Å². The molecule has 8 nitrogen and oxygen atoms in total. The molecule has 2 aliphatic heterocycles. The molecule has 1 N–H and O–H groups in total. The van der Waals surface area contributed by atoms with E-state index >= 15 is 0 Å². The normalized spacial score (nSPS) is 16.8. The van der Waals surface area contributed by atoms with E-state index in [0.29, 0.717) is 28.6 Å². The van der Waals surface area contributed by atoms with Crippen molar-refractivity contribution >= 4 is 17.5 Å². The molecule has 0 saturated carbocycles.